The summed E-state index contributed by atoms with van der Waals surface area (Å²) in [5, 5.41) is 37.4. The third-order valence-electron chi connectivity index (χ3n) is 8.32. The maximum Gasteiger partial charge on any atom is 0.330 e. The van der Waals surface area contributed by atoms with Crippen LogP contribution in [0.5, 0.6) is 11.5 Å². The largest absolute Gasteiger partial charge is 0.496 e. The second kappa shape index (κ2) is 15.1. The highest BCUT2D eigenvalue weighted by Gasteiger charge is 2.65. The molecule has 0 spiro atoms. The van der Waals surface area contributed by atoms with Crippen molar-refractivity contribution in [3.8, 4) is 11.5 Å². The number of para-hydroxylation sites is 2. The number of aliphatic hydroxyl groups excluding tert-OH is 2. The first-order valence-electron chi connectivity index (χ1n) is 15.0. The van der Waals surface area contributed by atoms with E-state index >= 15 is 0 Å². The topological polar surface area (TPSA) is 198 Å². The van der Waals surface area contributed by atoms with E-state index in [2.05, 4.69) is 4.98 Å². The zero-order valence-electron chi connectivity index (χ0n) is 26.7. The van der Waals surface area contributed by atoms with Gasteiger partial charge in [-0.15, -0.1) is 0 Å². The molecule has 0 radical (unpaired) electrons. The molecule has 0 aliphatic carbocycles. The van der Waals surface area contributed by atoms with E-state index in [4.69, 9.17) is 24.4 Å². The monoisotopic (exact) mass is 662 g/mol. The van der Waals surface area contributed by atoms with E-state index in [0.29, 0.717) is 28.2 Å². The number of aromatic nitrogens is 2. The molecule has 13 nitrogen and oxygen atoms in total. The van der Waals surface area contributed by atoms with Gasteiger partial charge < -0.3 is 34.6 Å². The maximum absolute atomic E-state index is 13.8. The summed E-state index contributed by atoms with van der Waals surface area (Å²) >= 11 is 0. The third kappa shape index (κ3) is 6.61. The zero-order chi connectivity index (χ0) is 35.1. The van der Waals surface area contributed by atoms with Gasteiger partial charge in [-0.2, -0.15) is 0 Å². The molecular weight excluding hydrogens is 624 g/mol. The minimum atomic E-state index is -1.73. The normalized spacial score (nSPS) is 18.8. The van der Waals surface area contributed by atoms with E-state index in [9.17, 15) is 29.4 Å². The van der Waals surface area contributed by atoms with Crippen LogP contribution in [0, 0.1) is 6.92 Å². The van der Waals surface area contributed by atoms with E-state index in [1.807, 2.05) is 78.9 Å². The first kappa shape index (κ1) is 35.6. The molecule has 0 bridgehead atoms. The molecule has 5 rings (SSSR count). The van der Waals surface area contributed by atoms with Gasteiger partial charge in [0, 0.05) is 29.3 Å². The van der Waals surface area contributed by atoms with Crippen LogP contribution in [0.15, 0.2) is 94.6 Å². The zero-order valence-corrected chi connectivity index (χ0v) is 26.7. The van der Waals surface area contributed by atoms with Crippen molar-refractivity contribution >= 4 is 11.9 Å². The van der Waals surface area contributed by atoms with Gasteiger partial charge >= 0.3 is 17.6 Å². The van der Waals surface area contributed by atoms with E-state index in [0.717, 1.165) is 0 Å². The number of hydrogen-bond acceptors (Lipinski definition) is 9. The Labute approximate surface area is 275 Å². The van der Waals surface area contributed by atoms with E-state index in [1.54, 1.807) is 21.1 Å². The number of aromatic amines is 1. The number of carboxylic acid groups (broad SMARTS) is 2. The molecule has 1 aliphatic rings. The van der Waals surface area contributed by atoms with Gasteiger partial charge in [-0.3, -0.25) is 23.9 Å². The molecule has 0 saturated carbocycles. The van der Waals surface area contributed by atoms with Crippen LogP contribution < -0.4 is 20.7 Å². The Bertz CT molecular complexity index is 1790. The summed E-state index contributed by atoms with van der Waals surface area (Å²) in [6.07, 6.45) is -1.46. The highest BCUT2D eigenvalue weighted by atomic mass is 16.6. The van der Waals surface area contributed by atoms with Crippen LogP contribution in [0.25, 0.3) is 0 Å². The van der Waals surface area contributed by atoms with E-state index in [-0.39, 0.29) is 24.8 Å². The predicted molar refractivity (Wildman–Crippen MR) is 173 cm³/mol. The molecule has 13 heteroatoms. The Morgan fingerprint density at radius 2 is 1.40 bits per heavy atom. The smallest absolute Gasteiger partial charge is 0.330 e. The molecule has 5 N–H and O–H groups in total. The fraction of sp³-hybridized carbons (Fsp3) is 0.314. The molecule has 3 aromatic carbocycles. The van der Waals surface area contributed by atoms with Crippen LogP contribution in [0.4, 0.5) is 0 Å². The molecule has 1 saturated heterocycles. The number of carboxylic acids is 2. The number of hydrogen-bond donors (Lipinski definition) is 5. The second-order valence-corrected chi connectivity index (χ2v) is 11.1. The van der Waals surface area contributed by atoms with Gasteiger partial charge in [0.2, 0.25) is 0 Å². The summed E-state index contributed by atoms with van der Waals surface area (Å²) in [7, 11) is 3.11. The number of H-pyrrole nitrogens is 1. The van der Waals surface area contributed by atoms with Gasteiger partial charge in [0.15, 0.2) is 5.72 Å². The van der Waals surface area contributed by atoms with Crippen molar-refractivity contribution in [3.63, 3.8) is 0 Å². The quantitative estimate of drug-likeness (QED) is 0.148. The average molecular weight is 663 g/mol. The molecule has 3 atom stereocenters. The number of ether oxygens (including phenoxy) is 3. The molecule has 0 unspecified atom stereocenters. The summed E-state index contributed by atoms with van der Waals surface area (Å²) in [5.41, 5.74) is -2.20. The summed E-state index contributed by atoms with van der Waals surface area (Å²) in [6.45, 7) is 1.09. The van der Waals surface area contributed by atoms with Crippen LogP contribution in [0.3, 0.4) is 0 Å². The number of aliphatic hydroxyl groups is 2. The second-order valence-electron chi connectivity index (χ2n) is 11.1. The van der Waals surface area contributed by atoms with Crippen LogP contribution >= 0.6 is 0 Å². The summed E-state index contributed by atoms with van der Waals surface area (Å²) in [4.78, 5) is 48.0. The fourth-order valence-corrected chi connectivity index (χ4v) is 6.28. The van der Waals surface area contributed by atoms with Crippen molar-refractivity contribution in [1.82, 2.24) is 9.55 Å². The minimum Gasteiger partial charge on any atom is -0.496 e. The predicted octanol–water partition coefficient (Wildman–Crippen LogP) is 2.63. The van der Waals surface area contributed by atoms with Crippen molar-refractivity contribution in [1.29, 1.82) is 0 Å². The summed E-state index contributed by atoms with van der Waals surface area (Å²) < 4.78 is 19.9. The third-order valence-corrected chi connectivity index (χ3v) is 8.32. The van der Waals surface area contributed by atoms with Gasteiger partial charge in [-0.1, -0.05) is 66.7 Å². The maximum atomic E-state index is 13.8. The Morgan fingerprint density at radius 3 is 1.85 bits per heavy atom. The van der Waals surface area contributed by atoms with Crippen molar-refractivity contribution in [3.05, 3.63) is 128 Å². The SMILES string of the molecule is COc1ccccc1C(c1ccccc1)(c1ccccc1OC)[C@]1(n2cc(C)c(=O)[nH]c2=O)C[C@H](O)[C@@H](CO)O1.O=C(O)CCC(=O)O. The molecule has 48 heavy (non-hydrogen) atoms. The molecule has 1 aliphatic heterocycles. The Morgan fingerprint density at radius 1 is 0.896 bits per heavy atom. The number of aryl methyl sites for hydroxylation is 1. The average Bonchev–Trinajstić information content (AvgIpc) is 3.43. The van der Waals surface area contributed by atoms with Gasteiger partial charge in [0.1, 0.15) is 23.0 Å². The van der Waals surface area contributed by atoms with Crippen LogP contribution in [-0.4, -0.2) is 75.0 Å². The van der Waals surface area contributed by atoms with Crippen molar-refractivity contribution < 1.29 is 44.2 Å². The Hall–Kier alpha value is -5.24. The first-order chi connectivity index (χ1) is 23.0. The number of carbonyl (C=O) groups is 2. The standard InChI is InChI=1S/C31H32N2O7.C4H6O4/c1-20-18-33(29(37)32-28(20)36)30(17-24(35)27(19-34)40-30)31(21-11-5-4-6-12-21,22-13-7-9-15-25(22)38-2)23-14-8-10-16-26(23)39-3;5-3(6)1-2-4(7)8/h4-16,18,24,27,34-35H,17,19H2,1-3H3,(H,32,36,37);1-2H2,(H,5,6)(H,7,8)/t24-,27+,30-;/m0./s1. The van der Waals surface area contributed by atoms with Crippen molar-refractivity contribution in [2.75, 3.05) is 20.8 Å². The van der Waals surface area contributed by atoms with Crippen molar-refractivity contribution in [2.45, 2.75) is 49.5 Å². The molecule has 254 valence electrons. The minimum absolute atomic E-state index is 0.116. The molecule has 1 aromatic heterocycles. The lowest BCUT2D eigenvalue weighted by Crippen LogP contribution is -2.59. The van der Waals surface area contributed by atoms with Crippen LogP contribution in [-0.2, 0) is 25.5 Å². The molecule has 1 fully saturated rings. The summed E-state index contributed by atoms with van der Waals surface area (Å²) in [6, 6.07) is 24.2. The first-order valence-corrected chi connectivity index (χ1v) is 15.0. The lowest BCUT2D eigenvalue weighted by Gasteiger charge is -2.50. The number of rotatable bonds is 11. The Balaban J connectivity index is 0.000000579. The fourth-order valence-electron chi connectivity index (χ4n) is 6.28. The number of methoxy groups -OCH3 is 2. The van der Waals surface area contributed by atoms with Crippen LogP contribution in [0.2, 0.25) is 0 Å². The molecule has 4 aromatic rings. The van der Waals surface area contributed by atoms with Gasteiger partial charge in [0.05, 0.1) is 39.8 Å². The van der Waals surface area contributed by atoms with Crippen LogP contribution in [0.1, 0.15) is 41.5 Å². The van der Waals surface area contributed by atoms with Gasteiger partial charge in [-0.25, -0.2) is 4.79 Å². The molecule has 0 amide bonds. The summed E-state index contributed by atoms with van der Waals surface area (Å²) in [5.74, 6) is -1.16. The number of benzene rings is 3. The van der Waals surface area contributed by atoms with Crippen molar-refractivity contribution in [2.24, 2.45) is 0 Å². The lowest BCUT2D eigenvalue weighted by molar-refractivity contribution is -0.148. The molecular formula is C35H38N2O11. The number of nitrogens with one attached hydrogen (secondary N) is 1. The lowest BCUT2D eigenvalue weighted by atomic mass is 9.61. The van der Waals surface area contributed by atoms with Gasteiger partial charge in [-0.05, 0) is 24.6 Å². The van der Waals surface area contributed by atoms with Gasteiger partial charge in [0.25, 0.3) is 5.56 Å². The molecule has 2 heterocycles. The Kier molecular flexibility index (Phi) is 11.2. The van der Waals surface area contributed by atoms with E-state index < -0.39 is 53.1 Å². The number of aliphatic carboxylic acids is 2. The highest BCUT2D eigenvalue weighted by Crippen LogP contribution is 2.59. The number of nitrogens with zero attached hydrogens (tertiary/aromatic N) is 1. The highest BCUT2D eigenvalue weighted by molar-refractivity contribution is 5.75. The van der Waals surface area contributed by atoms with E-state index in [1.165, 1.54) is 10.8 Å².